The lowest BCUT2D eigenvalue weighted by Gasteiger charge is -2.12. The Kier molecular flexibility index (Phi) is 5.03. The number of nitrogens with two attached hydrogens (primary N) is 1. The first kappa shape index (κ1) is 15.6. The van der Waals surface area contributed by atoms with E-state index >= 15 is 0 Å². The van der Waals surface area contributed by atoms with Gasteiger partial charge in [0.15, 0.2) is 0 Å². The number of rotatable bonds is 6. The summed E-state index contributed by atoms with van der Waals surface area (Å²) < 4.78 is 0. The molecule has 0 saturated heterocycles. The summed E-state index contributed by atoms with van der Waals surface area (Å²) in [7, 11) is 4.06. The van der Waals surface area contributed by atoms with Gasteiger partial charge in [-0.1, -0.05) is 6.07 Å². The van der Waals surface area contributed by atoms with Crippen molar-refractivity contribution >= 4 is 17.7 Å². The number of nitrogens with zero attached hydrogens (tertiary/aromatic N) is 2. The Balaban J connectivity index is 2.30. The van der Waals surface area contributed by atoms with Crippen molar-refractivity contribution in [3.05, 3.63) is 35.7 Å². The molecular weight excluding hydrogens is 284 g/mol. The summed E-state index contributed by atoms with van der Waals surface area (Å²) in [5.74, 6) is 0.513. The van der Waals surface area contributed by atoms with Crippen molar-refractivity contribution in [1.29, 1.82) is 0 Å². The van der Waals surface area contributed by atoms with Gasteiger partial charge in [0.2, 0.25) is 5.91 Å². The molecule has 2 rings (SSSR count). The number of nitrogens with one attached hydrogen (secondary N) is 1. The highest BCUT2D eigenvalue weighted by Crippen LogP contribution is 2.30. The minimum atomic E-state index is -0.391. The third-order valence-electron chi connectivity index (χ3n) is 3.19. The first-order valence-electron chi connectivity index (χ1n) is 6.71. The second kappa shape index (κ2) is 6.78. The van der Waals surface area contributed by atoms with E-state index in [0.29, 0.717) is 5.56 Å². The van der Waals surface area contributed by atoms with Gasteiger partial charge in [-0.3, -0.25) is 9.89 Å². The van der Waals surface area contributed by atoms with Crippen LogP contribution in [0.15, 0.2) is 29.3 Å². The molecule has 1 heterocycles. The molecule has 112 valence electrons. The molecule has 2 aromatic rings. The maximum absolute atomic E-state index is 11.6. The Bertz CT molecular complexity index is 636. The van der Waals surface area contributed by atoms with E-state index in [2.05, 4.69) is 15.1 Å². The first-order valence-corrected chi connectivity index (χ1v) is 7.69. The molecule has 0 unspecified atom stereocenters. The van der Waals surface area contributed by atoms with Gasteiger partial charge < -0.3 is 10.6 Å². The quantitative estimate of drug-likeness (QED) is 0.802. The minimum absolute atomic E-state index is 0.391. The van der Waals surface area contributed by atoms with Crippen LogP contribution in [0.2, 0.25) is 0 Å². The van der Waals surface area contributed by atoms with Crippen molar-refractivity contribution in [2.24, 2.45) is 5.73 Å². The van der Waals surface area contributed by atoms with E-state index < -0.39 is 5.91 Å². The summed E-state index contributed by atoms with van der Waals surface area (Å²) in [6, 6.07) is 5.72. The molecule has 0 saturated carbocycles. The molecule has 6 heteroatoms. The van der Waals surface area contributed by atoms with Crippen LogP contribution in [0.1, 0.15) is 16.1 Å². The van der Waals surface area contributed by atoms with E-state index in [1.165, 1.54) is 0 Å². The number of thioether (sulfide) groups is 1. The van der Waals surface area contributed by atoms with Gasteiger partial charge in [0, 0.05) is 29.0 Å². The molecule has 1 amide bonds. The molecule has 0 spiro atoms. The van der Waals surface area contributed by atoms with Gasteiger partial charge in [-0.05, 0) is 38.7 Å². The van der Waals surface area contributed by atoms with Gasteiger partial charge >= 0.3 is 0 Å². The van der Waals surface area contributed by atoms with Crippen LogP contribution in [0.5, 0.6) is 0 Å². The van der Waals surface area contributed by atoms with E-state index in [1.807, 2.05) is 39.3 Å². The van der Waals surface area contributed by atoms with Crippen LogP contribution in [0.3, 0.4) is 0 Å². The topological polar surface area (TPSA) is 75.0 Å². The predicted molar refractivity (Wildman–Crippen MR) is 86.6 cm³/mol. The zero-order valence-electron chi connectivity index (χ0n) is 12.5. The summed E-state index contributed by atoms with van der Waals surface area (Å²) in [5, 5.41) is 6.99. The van der Waals surface area contributed by atoms with Gasteiger partial charge in [0.25, 0.3) is 0 Å². The molecule has 0 aliphatic rings. The maximum Gasteiger partial charge on any atom is 0.249 e. The maximum atomic E-state index is 11.6. The van der Waals surface area contributed by atoms with Crippen molar-refractivity contribution in [1.82, 2.24) is 15.1 Å². The molecule has 0 atom stereocenters. The predicted octanol–water partition coefficient (Wildman–Crippen LogP) is 2.14. The lowest BCUT2D eigenvalue weighted by Crippen LogP contribution is -2.16. The Morgan fingerprint density at radius 3 is 2.76 bits per heavy atom. The summed E-state index contributed by atoms with van der Waals surface area (Å²) in [4.78, 5) is 14.6. The molecule has 5 nitrogen and oxygen atoms in total. The van der Waals surface area contributed by atoms with E-state index in [0.717, 1.165) is 34.0 Å². The second-order valence-electron chi connectivity index (χ2n) is 5.11. The molecule has 21 heavy (non-hydrogen) atoms. The lowest BCUT2D eigenvalue weighted by atomic mass is 10.0. The highest BCUT2D eigenvalue weighted by atomic mass is 32.2. The number of benzene rings is 1. The fourth-order valence-corrected chi connectivity index (χ4v) is 3.21. The van der Waals surface area contributed by atoms with Gasteiger partial charge in [-0.25, -0.2) is 0 Å². The Morgan fingerprint density at radius 2 is 2.19 bits per heavy atom. The normalized spacial score (nSPS) is 11.0. The Labute approximate surface area is 128 Å². The summed E-state index contributed by atoms with van der Waals surface area (Å²) in [6.07, 6.45) is 1.86. The van der Waals surface area contributed by atoms with E-state index in [9.17, 15) is 4.79 Å². The van der Waals surface area contributed by atoms with Crippen LogP contribution in [-0.2, 0) is 0 Å². The van der Waals surface area contributed by atoms with Crippen LogP contribution in [0.25, 0.3) is 11.1 Å². The van der Waals surface area contributed by atoms with E-state index in [-0.39, 0.29) is 0 Å². The van der Waals surface area contributed by atoms with Gasteiger partial charge in [-0.2, -0.15) is 5.10 Å². The zero-order valence-corrected chi connectivity index (χ0v) is 13.3. The Morgan fingerprint density at radius 1 is 1.43 bits per heavy atom. The van der Waals surface area contributed by atoms with Crippen molar-refractivity contribution in [2.45, 2.75) is 11.8 Å². The number of hydrogen-bond acceptors (Lipinski definition) is 4. The number of H-pyrrole nitrogens is 1. The molecule has 0 aliphatic carbocycles. The monoisotopic (exact) mass is 304 g/mol. The largest absolute Gasteiger partial charge is 0.366 e. The molecule has 0 fully saturated rings. The minimum Gasteiger partial charge on any atom is -0.366 e. The highest BCUT2D eigenvalue weighted by Gasteiger charge is 2.12. The van der Waals surface area contributed by atoms with Crippen LogP contribution in [-0.4, -0.2) is 47.4 Å². The number of aromatic amines is 1. The molecule has 1 aromatic carbocycles. The number of aromatic nitrogens is 2. The van der Waals surface area contributed by atoms with Crippen LogP contribution in [0, 0.1) is 6.92 Å². The zero-order chi connectivity index (χ0) is 15.4. The lowest BCUT2D eigenvalue weighted by molar-refractivity contribution is 0.0997. The van der Waals surface area contributed by atoms with Gasteiger partial charge in [0.1, 0.15) is 0 Å². The first-order chi connectivity index (χ1) is 9.99. The van der Waals surface area contributed by atoms with Crippen molar-refractivity contribution in [3.63, 3.8) is 0 Å². The summed E-state index contributed by atoms with van der Waals surface area (Å²) in [5.41, 5.74) is 9.06. The molecule has 0 bridgehead atoms. The number of carbonyl (C=O) groups is 1. The third kappa shape index (κ3) is 3.86. The fourth-order valence-electron chi connectivity index (χ4n) is 2.00. The van der Waals surface area contributed by atoms with Crippen LogP contribution < -0.4 is 5.73 Å². The number of hydrogen-bond donors (Lipinski definition) is 2. The molecule has 0 aliphatic heterocycles. The van der Waals surface area contributed by atoms with E-state index in [1.54, 1.807) is 17.8 Å². The van der Waals surface area contributed by atoms with Gasteiger partial charge in [-0.15, -0.1) is 11.8 Å². The third-order valence-corrected chi connectivity index (χ3v) is 4.22. The Hall–Kier alpha value is -1.79. The van der Waals surface area contributed by atoms with Crippen LogP contribution in [0.4, 0.5) is 0 Å². The number of aryl methyl sites for hydroxylation is 1. The standard InChI is InChI=1S/C15H20N4OS/c1-10-13(9-17-18-10)11-4-5-12(15(16)20)14(8-11)21-7-6-19(2)3/h4-5,8-9H,6-7H2,1-3H3,(H2,16,20)(H,17,18). The highest BCUT2D eigenvalue weighted by molar-refractivity contribution is 7.99. The molecule has 1 aromatic heterocycles. The van der Waals surface area contributed by atoms with E-state index in [4.69, 9.17) is 5.73 Å². The molecule has 0 radical (unpaired) electrons. The SMILES string of the molecule is Cc1n[nH]cc1-c1ccc(C(N)=O)c(SCCN(C)C)c1. The molecule has 3 N–H and O–H groups in total. The molecular formula is C15H20N4OS. The average molecular weight is 304 g/mol. The summed E-state index contributed by atoms with van der Waals surface area (Å²) >= 11 is 1.65. The number of carbonyl (C=O) groups excluding carboxylic acids is 1. The average Bonchev–Trinajstić information content (AvgIpc) is 2.84. The second-order valence-corrected chi connectivity index (χ2v) is 6.25. The summed E-state index contributed by atoms with van der Waals surface area (Å²) in [6.45, 7) is 2.89. The van der Waals surface area contributed by atoms with Crippen molar-refractivity contribution < 1.29 is 4.79 Å². The van der Waals surface area contributed by atoms with Gasteiger partial charge in [0.05, 0.1) is 11.3 Å². The van der Waals surface area contributed by atoms with Crippen molar-refractivity contribution in [2.75, 3.05) is 26.4 Å². The smallest absolute Gasteiger partial charge is 0.249 e. The van der Waals surface area contributed by atoms with Crippen molar-refractivity contribution in [3.8, 4) is 11.1 Å². The number of primary amides is 1. The van der Waals surface area contributed by atoms with Crippen LogP contribution >= 0.6 is 11.8 Å². The fraction of sp³-hybridized carbons (Fsp3) is 0.333. The number of amides is 1.